The summed E-state index contributed by atoms with van der Waals surface area (Å²) in [4.78, 5) is 27.3. The van der Waals surface area contributed by atoms with Gasteiger partial charge in [0.1, 0.15) is 0 Å². The van der Waals surface area contributed by atoms with Crippen molar-refractivity contribution in [3.05, 3.63) is 50.9 Å². The number of rotatable bonds is 4. The number of carboxylic acid groups (broad SMARTS) is 1. The maximum Gasteiger partial charge on any atom is 0.356 e. The Kier molecular flexibility index (Phi) is 4.65. The Balaban J connectivity index is 2.09. The molecule has 2 rings (SSSR count). The normalized spacial score (nSPS) is 10.7. The Morgan fingerprint density at radius 2 is 2.15 bits per heavy atom. The molecular formula is C13H9BrN2O3S. The molecule has 0 saturated carbocycles. The Labute approximate surface area is 127 Å². The summed E-state index contributed by atoms with van der Waals surface area (Å²) < 4.78 is 0.970. The number of anilines is 1. The van der Waals surface area contributed by atoms with E-state index in [1.165, 1.54) is 29.7 Å². The molecular weight excluding hydrogens is 344 g/mol. The molecule has 2 aromatic heterocycles. The molecule has 0 unspecified atom stereocenters. The summed E-state index contributed by atoms with van der Waals surface area (Å²) in [5.74, 6) is -1.60. The van der Waals surface area contributed by atoms with Crippen molar-refractivity contribution in [2.45, 2.75) is 0 Å². The lowest BCUT2D eigenvalue weighted by molar-refractivity contribution is -0.111. The van der Waals surface area contributed by atoms with Crippen molar-refractivity contribution in [3.63, 3.8) is 0 Å². The molecule has 20 heavy (non-hydrogen) atoms. The first-order valence-corrected chi connectivity index (χ1v) is 7.10. The van der Waals surface area contributed by atoms with Crippen molar-refractivity contribution in [1.82, 2.24) is 4.98 Å². The average Bonchev–Trinajstić information content (AvgIpc) is 2.83. The third-order valence-corrected chi connectivity index (χ3v) is 3.85. The van der Waals surface area contributed by atoms with E-state index in [-0.39, 0.29) is 11.4 Å². The van der Waals surface area contributed by atoms with Crippen molar-refractivity contribution in [2.24, 2.45) is 0 Å². The van der Waals surface area contributed by atoms with Gasteiger partial charge in [0, 0.05) is 17.2 Å². The molecule has 0 aromatic carbocycles. The number of carboxylic acids is 1. The second-order valence-corrected chi connectivity index (χ2v) is 6.16. The van der Waals surface area contributed by atoms with Crippen LogP contribution < -0.4 is 5.32 Å². The fraction of sp³-hybridized carbons (Fsp3) is 0. The lowest BCUT2D eigenvalue weighted by Crippen LogP contribution is -2.13. The Morgan fingerprint density at radius 3 is 2.80 bits per heavy atom. The van der Waals surface area contributed by atoms with Gasteiger partial charge in [-0.25, -0.2) is 9.78 Å². The summed E-state index contributed by atoms with van der Waals surface area (Å²) in [7, 11) is 0. The minimum absolute atomic E-state index is 0.169. The minimum atomic E-state index is -1.19. The number of aromatic carboxylic acids is 1. The van der Waals surface area contributed by atoms with Crippen LogP contribution >= 0.6 is 27.3 Å². The van der Waals surface area contributed by atoms with E-state index in [1.54, 1.807) is 12.1 Å². The second-order valence-electron chi connectivity index (χ2n) is 3.67. The maximum atomic E-state index is 11.7. The predicted molar refractivity (Wildman–Crippen MR) is 80.9 cm³/mol. The fourth-order valence-corrected chi connectivity index (χ4v) is 2.75. The van der Waals surface area contributed by atoms with E-state index in [2.05, 4.69) is 26.2 Å². The third kappa shape index (κ3) is 3.75. The minimum Gasteiger partial charge on any atom is -0.476 e. The van der Waals surface area contributed by atoms with Crippen LogP contribution in [0.5, 0.6) is 0 Å². The van der Waals surface area contributed by atoms with Crippen LogP contribution in [-0.4, -0.2) is 22.0 Å². The lowest BCUT2D eigenvalue weighted by Gasteiger charge is -2.04. The highest BCUT2D eigenvalue weighted by atomic mass is 79.9. The zero-order chi connectivity index (χ0) is 14.5. The number of amides is 1. The number of hydrogen-bond acceptors (Lipinski definition) is 4. The first-order valence-electron chi connectivity index (χ1n) is 5.49. The standard InChI is InChI=1S/C13H9BrN2O3S/c14-10-5-3-8(20-10)4-6-11(17)16-9-2-1-7-15-12(9)13(18)19/h1-7H,(H,16,17)(H,18,19)/b6-4+. The topological polar surface area (TPSA) is 79.3 Å². The summed E-state index contributed by atoms with van der Waals surface area (Å²) in [6.45, 7) is 0. The van der Waals surface area contributed by atoms with Crippen LogP contribution in [0.25, 0.3) is 6.08 Å². The van der Waals surface area contributed by atoms with E-state index in [9.17, 15) is 9.59 Å². The quantitative estimate of drug-likeness (QED) is 0.827. The van der Waals surface area contributed by atoms with Crippen LogP contribution in [0, 0.1) is 0 Å². The summed E-state index contributed by atoms with van der Waals surface area (Å²) in [5.41, 5.74) is -0.0184. The van der Waals surface area contributed by atoms with Gasteiger partial charge in [0.05, 0.1) is 9.47 Å². The molecule has 2 heterocycles. The summed E-state index contributed by atoms with van der Waals surface area (Å²) in [6.07, 6.45) is 4.36. The van der Waals surface area contributed by atoms with Gasteiger partial charge >= 0.3 is 5.97 Å². The van der Waals surface area contributed by atoms with Crippen LogP contribution in [0.2, 0.25) is 0 Å². The first kappa shape index (κ1) is 14.4. The fourth-order valence-electron chi connectivity index (χ4n) is 1.43. The predicted octanol–water partition coefficient (Wildman–Crippen LogP) is 3.26. The number of aromatic nitrogens is 1. The molecule has 102 valence electrons. The highest BCUT2D eigenvalue weighted by Gasteiger charge is 2.11. The first-order chi connectivity index (χ1) is 9.56. The summed E-state index contributed by atoms with van der Waals surface area (Å²) in [6, 6.07) is 6.79. The zero-order valence-corrected chi connectivity index (χ0v) is 12.4. The van der Waals surface area contributed by atoms with Crippen LogP contribution in [0.1, 0.15) is 15.4 Å². The highest BCUT2D eigenvalue weighted by Crippen LogP contribution is 2.23. The monoisotopic (exact) mass is 352 g/mol. The largest absolute Gasteiger partial charge is 0.476 e. The smallest absolute Gasteiger partial charge is 0.356 e. The molecule has 0 spiro atoms. The van der Waals surface area contributed by atoms with Crippen LogP contribution in [-0.2, 0) is 4.79 Å². The van der Waals surface area contributed by atoms with Crippen LogP contribution in [0.4, 0.5) is 5.69 Å². The van der Waals surface area contributed by atoms with Gasteiger partial charge in [-0.3, -0.25) is 4.79 Å². The lowest BCUT2D eigenvalue weighted by atomic mass is 10.3. The molecule has 7 heteroatoms. The number of hydrogen-bond donors (Lipinski definition) is 2. The molecule has 0 fully saturated rings. The molecule has 1 amide bonds. The molecule has 2 aromatic rings. The van der Waals surface area contributed by atoms with Crippen molar-refractivity contribution in [2.75, 3.05) is 5.32 Å². The summed E-state index contributed by atoms with van der Waals surface area (Å²) >= 11 is 4.82. The second kappa shape index (κ2) is 6.44. The number of carbonyl (C=O) groups excluding carboxylic acids is 1. The SMILES string of the molecule is O=C(/C=C/c1ccc(Br)s1)Nc1cccnc1C(=O)O. The van der Waals surface area contributed by atoms with Gasteiger partial charge in [-0.2, -0.15) is 0 Å². The number of nitrogens with zero attached hydrogens (tertiary/aromatic N) is 1. The maximum absolute atomic E-state index is 11.7. The molecule has 0 radical (unpaired) electrons. The number of carbonyl (C=O) groups is 2. The molecule has 0 aliphatic heterocycles. The van der Waals surface area contributed by atoms with Crippen molar-refractivity contribution in [3.8, 4) is 0 Å². The van der Waals surface area contributed by atoms with Gasteiger partial charge in [0.25, 0.3) is 0 Å². The molecule has 0 saturated heterocycles. The number of halogens is 1. The number of nitrogens with one attached hydrogen (secondary N) is 1. The molecule has 5 nitrogen and oxygen atoms in total. The average molecular weight is 353 g/mol. The Hall–Kier alpha value is -1.99. The van der Waals surface area contributed by atoms with Crippen LogP contribution in [0.15, 0.2) is 40.3 Å². The van der Waals surface area contributed by atoms with Gasteiger partial charge in [-0.1, -0.05) is 0 Å². The van der Waals surface area contributed by atoms with E-state index in [0.29, 0.717) is 0 Å². The van der Waals surface area contributed by atoms with E-state index < -0.39 is 11.9 Å². The van der Waals surface area contributed by atoms with Crippen molar-refractivity contribution in [1.29, 1.82) is 0 Å². The number of thiophene rings is 1. The zero-order valence-electron chi connectivity index (χ0n) is 10.0. The Bertz CT molecular complexity index is 682. The molecule has 0 aliphatic rings. The highest BCUT2D eigenvalue weighted by molar-refractivity contribution is 9.11. The van der Waals surface area contributed by atoms with Gasteiger partial charge in [-0.15, -0.1) is 11.3 Å². The molecule has 0 bridgehead atoms. The van der Waals surface area contributed by atoms with E-state index in [4.69, 9.17) is 5.11 Å². The van der Waals surface area contributed by atoms with E-state index >= 15 is 0 Å². The van der Waals surface area contributed by atoms with Crippen molar-refractivity contribution < 1.29 is 14.7 Å². The van der Waals surface area contributed by atoms with E-state index in [1.807, 2.05) is 12.1 Å². The summed E-state index contributed by atoms with van der Waals surface area (Å²) in [5, 5.41) is 11.4. The van der Waals surface area contributed by atoms with Crippen molar-refractivity contribution >= 4 is 50.9 Å². The van der Waals surface area contributed by atoms with Gasteiger partial charge in [-0.05, 0) is 46.3 Å². The number of pyridine rings is 1. The van der Waals surface area contributed by atoms with E-state index in [0.717, 1.165) is 8.66 Å². The van der Waals surface area contributed by atoms with Gasteiger partial charge in [0.2, 0.25) is 5.91 Å². The third-order valence-electron chi connectivity index (χ3n) is 2.26. The van der Waals surface area contributed by atoms with Crippen LogP contribution in [0.3, 0.4) is 0 Å². The Morgan fingerprint density at radius 1 is 1.35 bits per heavy atom. The molecule has 2 N–H and O–H groups in total. The molecule has 0 aliphatic carbocycles. The molecule has 0 atom stereocenters. The van der Waals surface area contributed by atoms with Gasteiger partial charge in [0.15, 0.2) is 5.69 Å². The van der Waals surface area contributed by atoms with Gasteiger partial charge < -0.3 is 10.4 Å².